The Morgan fingerprint density at radius 2 is 0.0602 bits per heavy atom. The summed E-state index contributed by atoms with van der Waals surface area (Å²) in [4.78, 5) is 0. The SMILES string of the molecule is SSSSSSSSSSSSSSSSSSSSSSSSSSSSSSSSSSSSSSSSSSSSSSSSSSSSSSSSSSSSSSSSSSSSSSSSSSSSSSSSSSSSSSSSSSSSSSSSSSSSSSSSSSSSSSSSSSSSSSSSSSSSSSSSSSSSS. The Hall–Kier alpha value is 46.6. The summed E-state index contributed by atoms with van der Waals surface area (Å²) < 4.78 is 0. The van der Waals surface area contributed by atoms with Crippen molar-refractivity contribution in [1.82, 2.24) is 0 Å². The first-order valence-electron chi connectivity index (χ1n) is 22.0. The van der Waals surface area contributed by atoms with Gasteiger partial charge in [-0.15, -0.1) is 0 Å². The molecule has 0 aromatic carbocycles. The molecule has 0 rings (SSSR count). The highest BCUT2D eigenvalue weighted by Crippen LogP contribution is 2.77. The van der Waals surface area contributed by atoms with Gasteiger partial charge in [0.05, 0.1) is 0 Å². The van der Waals surface area contributed by atoms with Crippen LogP contribution in [0.5, 0.6) is 0 Å². The van der Waals surface area contributed by atoms with Crippen LogP contribution in [0, 0.1) is 0 Å². The van der Waals surface area contributed by atoms with Gasteiger partial charge in [-0.1, -0.05) is 23.3 Å². The zero-order chi connectivity index (χ0) is 94.6. The van der Waals surface area contributed by atoms with Crippen LogP contribution in [0.15, 0.2) is 0 Å². The van der Waals surface area contributed by atoms with E-state index in [9.17, 15) is 0 Å². The Labute approximate surface area is 1270 Å². The van der Waals surface area contributed by atoms with E-state index in [1.54, 1.807) is 98.3 Å². The number of thiol groups is 2. The van der Waals surface area contributed by atoms with Crippen molar-refractivity contribution in [3.63, 3.8) is 0 Å². The van der Waals surface area contributed by atoms with E-state index in [4.69, 9.17) is 0 Å². The van der Waals surface area contributed by atoms with E-state index in [1.807, 2.05) is 1170 Å². The Kier molecular flexibility index (Phi) is 241. The van der Waals surface area contributed by atoms with Crippen molar-refractivity contribution in [3.8, 4) is 0 Å². The summed E-state index contributed by atoms with van der Waals surface area (Å²) in [6.07, 6.45) is 0. The molecule has 0 nitrogen and oxygen atoms in total. The summed E-state index contributed by atoms with van der Waals surface area (Å²) in [6.45, 7) is 0. The second-order valence-electron chi connectivity index (χ2n) is 8.93. The molecule has 0 aliphatic carbocycles. The minimum absolute atomic E-state index is 1.49. The molecular formula is H2S133. The lowest BCUT2D eigenvalue weighted by molar-refractivity contribution is 5.59. The fraction of sp³-hybridized carbons (Fsp3) is 0. The second-order valence-corrected chi connectivity index (χ2v) is 241. The molecule has 133 heteroatoms. The first-order chi connectivity index (χ1) is 66.4. The van der Waals surface area contributed by atoms with Crippen molar-refractivity contribution in [2.24, 2.45) is 0 Å². The van der Waals surface area contributed by atoms with E-state index in [0.29, 0.717) is 0 Å². The Balaban J connectivity index is 3.10. The van der Waals surface area contributed by atoms with Gasteiger partial charge in [-0.3, -0.25) is 0 Å². The summed E-state index contributed by atoms with van der Waals surface area (Å²) in [5, 5.41) is 0. The van der Waals surface area contributed by atoms with Crippen LogP contribution < -0.4 is 0 Å². The van der Waals surface area contributed by atoms with Crippen molar-refractivity contribution in [2.45, 2.75) is 0 Å². The Bertz CT molecular complexity index is 1580. The van der Waals surface area contributed by atoms with Crippen LogP contribution in [0.25, 0.3) is 0 Å². The van der Waals surface area contributed by atoms with Crippen LogP contribution in [0.1, 0.15) is 0 Å². The minimum Gasteiger partial charge on any atom is -0.0988 e. The maximum atomic E-state index is 4.11. The highest BCUT2D eigenvalue weighted by molar-refractivity contribution is 9.72. The standard InChI is InChI=1S/H2S133/c1-3-5-7-9-11-13-15-17-19-21-23-25-27-29-31-33-35-37-39-41-43-45-47-49-51-53-55-57-59-61-63-65-67-69-71-73-75-77-79-81-83-85-87-89-91-93-95-97-99-101-103-105-107-109-111-113-115-117-119-121-123-125-127-129-131-133-132-130-128-126-124-122-120-118-116-114-112-110-108-106-104-102-100-98-96-94-92-90-88-86-84-82-80-78-76-74-72-70-68-66-64-62-60-58-56-54-52-50-48-46-44-42-40-38-36-34-32-30-28-26-24-22-20-18-16-14-12-10-8-6-4-2/h1-2H. The summed E-state index contributed by atoms with van der Waals surface area (Å²) in [5.41, 5.74) is 0. The van der Waals surface area contributed by atoms with Gasteiger partial charge < -0.3 is 0 Å². The van der Waals surface area contributed by atoms with E-state index in [0.717, 1.165) is 0 Å². The third-order valence-corrected chi connectivity index (χ3v) is 293. The molecule has 0 radical (unpaired) electrons. The molecule has 0 heterocycles. The topological polar surface area (TPSA) is 0 Å². The summed E-state index contributed by atoms with van der Waals surface area (Å²) in [6, 6.07) is 0. The van der Waals surface area contributed by atoms with Gasteiger partial charge >= 0.3 is 0 Å². The highest BCUT2D eigenvalue weighted by atomic mass is 34.2. The molecule has 0 bridgehead atoms. The van der Waals surface area contributed by atoms with E-state index in [1.165, 1.54) is 19.7 Å². The number of hydrogen-bond donors (Lipinski definition) is 2. The molecule has 0 amide bonds. The zero-order valence-electron chi connectivity index (χ0n) is 54.4. The van der Waals surface area contributed by atoms with Crippen molar-refractivity contribution in [3.05, 3.63) is 0 Å². The van der Waals surface area contributed by atoms with Gasteiger partial charge in [0.25, 0.3) is 0 Å². The maximum absolute atomic E-state index is 4.11. The first kappa shape index (κ1) is 180. The molecule has 0 aliphatic heterocycles. The van der Waals surface area contributed by atoms with Gasteiger partial charge in [0.1, 0.15) is 0 Å². The fourth-order valence-corrected chi connectivity index (χ4v) is 356. The molecule has 0 N–H and O–H groups in total. The van der Waals surface area contributed by atoms with Crippen LogP contribution in [-0.2, 0) is 0 Å². The predicted octanol–water partition coefficient (Wildman–Crippen LogP) is 85.7. The third kappa shape index (κ3) is 179. The zero-order valence-corrected chi connectivity index (χ0v) is 163. The quantitative estimate of drug-likeness (QED) is 0.0337. The molecule has 0 aliphatic rings. The van der Waals surface area contributed by atoms with Gasteiger partial charge in [0.2, 0.25) is 0 Å². The lowest BCUT2D eigenvalue weighted by atomic mass is 30.1. The molecule has 0 saturated carbocycles. The van der Waals surface area contributed by atoms with Crippen LogP contribution in [-0.4, -0.2) is 0 Å². The van der Waals surface area contributed by atoms with Crippen molar-refractivity contribution >= 4 is 1310 Å². The summed E-state index contributed by atoms with van der Waals surface area (Å²) in [5.74, 6) is 0. The monoisotopic (exact) mass is 4250 g/mol. The third-order valence-electron chi connectivity index (χ3n) is 3.62. The largest absolute Gasteiger partial charge is 0.0988 e. The molecule has 0 saturated heterocycles. The van der Waals surface area contributed by atoms with E-state index in [2.05, 4.69) is 23.3 Å². The summed E-state index contributed by atoms with van der Waals surface area (Å²) in [7, 11) is 238. The normalized spacial score (nSPS) is 11.9. The second kappa shape index (κ2) is 179. The molecular weight excluding hydrogens is 4260 g/mol. The van der Waals surface area contributed by atoms with Crippen LogP contribution in [0.4, 0.5) is 0 Å². The Morgan fingerprint density at radius 3 is 0.0827 bits per heavy atom. The average Bonchev–Trinajstić information content (AvgIpc) is 1.11. The smallest absolute Gasteiger partial charge is 0 e. The maximum Gasteiger partial charge on any atom is 0 e. The van der Waals surface area contributed by atoms with Gasteiger partial charge in [0.15, 0.2) is 0 Å². The van der Waals surface area contributed by atoms with Crippen LogP contribution in [0.3, 0.4) is 0 Å². The summed E-state index contributed by atoms with van der Waals surface area (Å²) >= 11 is 8.21. The van der Waals surface area contributed by atoms with Crippen molar-refractivity contribution in [1.29, 1.82) is 0 Å². The highest BCUT2D eigenvalue weighted by Gasteiger charge is 2.13. The minimum atomic E-state index is 1.49. The lowest BCUT2D eigenvalue weighted by Crippen LogP contribution is -1.35. The van der Waals surface area contributed by atoms with E-state index in [-0.39, 0.29) is 0 Å². The predicted molar refractivity (Wildman–Crippen MR) is 1010 cm³/mol. The van der Waals surface area contributed by atoms with E-state index < -0.39 is 0 Å². The lowest BCUT2D eigenvalue weighted by Gasteiger charge is -2.00. The van der Waals surface area contributed by atoms with Crippen molar-refractivity contribution in [2.75, 3.05) is 0 Å². The van der Waals surface area contributed by atoms with E-state index >= 15 is 0 Å². The van der Waals surface area contributed by atoms with Gasteiger partial charge in [-0.2, -0.15) is 0 Å². The molecule has 0 aromatic heterocycles. The molecule has 0 fully saturated rings. The molecule has 0 spiro atoms. The molecule has 133 heavy (non-hydrogen) atoms. The number of rotatable bonds is 130. The average molecular weight is 4270 g/mol. The molecule has 0 aromatic rings. The van der Waals surface area contributed by atoms with Crippen LogP contribution >= 0.6 is 1310 Å². The fourth-order valence-electron chi connectivity index (χ4n) is 1.47. The van der Waals surface area contributed by atoms with Gasteiger partial charge in [0, 0.05) is 1130 Å². The number of hydrogen-bond acceptors (Lipinski definition) is 133. The first-order valence-corrected chi connectivity index (χ1v) is 198. The molecule has 0 atom stereocenters. The molecule has 0 unspecified atom stereocenters. The van der Waals surface area contributed by atoms with Gasteiger partial charge in [-0.05, 0) is 157 Å². The Morgan fingerprint density at radius 1 is 0.0376 bits per heavy atom. The van der Waals surface area contributed by atoms with Crippen LogP contribution in [0.2, 0.25) is 0 Å². The van der Waals surface area contributed by atoms with Crippen molar-refractivity contribution < 1.29 is 0 Å². The molecule has 800 valence electrons. The van der Waals surface area contributed by atoms with Gasteiger partial charge in [-0.25, -0.2) is 0 Å².